The van der Waals surface area contributed by atoms with Crippen LogP contribution >= 0.6 is 0 Å². The monoisotopic (exact) mass is 285 g/mol. The van der Waals surface area contributed by atoms with Crippen molar-refractivity contribution < 1.29 is 0 Å². The fraction of sp³-hybridized carbons (Fsp3) is 0.176. The summed E-state index contributed by atoms with van der Waals surface area (Å²) in [5.74, 6) is 0.590. The summed E-state index contributed by atoms with van der Waals surface area (Å²) in [6, 6.07) is 11.5. The first-order valence-corrected chi connectivity index (χ1v) is 6.94. The average molecular weight is 285 g/mol. The van der Waals surface area contributed by atoms with Crippen molar-refractivity contribution in [2.45, 2.75) is 18.4 Å². The molecular formula is C17H11N5. The Morgan fingerprint density at radius 2 is 1.82 bits per heavy atom. The fourth-order valence-corrected chi connectivity index (χ4v) is 3.05. The molecule has 0 saturated heterocycles. The van der Waals surface area contributed by atoms with E-state index < -0.39 is 5.41 Å². The lowest BCUT2D eigenvalue weighted by Gasteiger charge is -2.27. The highest BCUT2D eigenvalue weighted by Gasteiger charge is 2.54. The molecule has 0 radical (unpaired) electrons. The summed E-state index contributed by atoms with van der Waals surface area (Å²) in [5, 5.41) is 19.5. The number of hydrogen-bond donors (Lipinski definition) is 0. The minimum atomic E-state index is -1.33. The van der Waals surface area contributed by atoms with Crippen LogP contribution in [-0.4, -0.2) is 16.0 Å². The molecule has 0 spiro atoms. The summed E-state index contributed by atoms with van der Waals surface area (Å²) >= 11 is 0. The van der Waals surface area contributed by atoms with Crippen molar-refractivity contribution in [1.29, 1.82) is 10.5 Å². The van der Waals surface area contributed by atoms with Crippen molar-refractivity contribution in [3.05, 3.63) is 53.9 Å². The van der Waals surface area contributed by atoms with Crippen LogP contribution in [0.25, 0.3) is 11.0 Å². The zero-order valence-electron chi connectivity index (χ0n) is 11.9. The van der Waals surface area contributed by atoms with Gasteiger partial charge in [0.15, 0.2) is 5.82 Å². The molecule has 1 aromatic heterocycles. The average Bonchev–Trinajstić information content (AvgIpc) is 2.81. The summed E-state index contributed by atoms with van der Waals surface area (Å²) in [4.78, 5) is 11.1. The third-order valence-electron chi connectivity index (χ3n) is 4.19. The standard InChI is InChI=1S/C17H11N5/c1-11-6-7-22-14(8-11)17(9-18,10-19)15-16(22)21-13-5-3-2-4-12(13)20-15/h2-8,14H,1H3. The lowest BCUT2D eigenvalue weighted by Crippen LogP contribution is -2.41. The number of nitrogens with zero attached hydrogens (tertiary/aromatic N) is 5. The van der Waals surface area contributed by atoms with E-state index in [1.165, 1.54) is 0 Å². The summed E-state index contributed by atoms with van der Waals surface area (Å²) in [7, 11) is 0. The molecule has 1 unspecified atom stereocenters. The molecule has 2 aromatic rings. The Morgan fingerprint density at radius 3 is 2.50 bits per heavy atom. The van der Waals surface area contributed by atoms with Crippen molar-refractivity contribution >= 4 is 16.9 Å². The highest BCUT2D eigenvalue weighted by Crippen LogP contribution is 2.45. The van der Waals surface area contributed by atoms with Crippen LogP contribution in [0.5, 0.6) is 0 Å². The van der Waals surface area contributed by atoms with Gasteiger partial charge in [-0.15, -0.1) is 0 Å². The van der Waals surface area contributed by atoms with Gasteiger partial charge in [-0.2, -0.15) is 10.5 Å². The van der Waals surface area contributed by atoms with E-state index in [4.69, 9.17) is 0 Å². The van der Waals surface area contributed by atoms with Gasteiger partial charge < -0.3 is 4.90 Å². The van der Waals surface area contributed by atoms with Crippen molar-refractivity contribution in [3.8, 4) is 12.1 Å². The van der Waals surface area contributed by atoms with E-state index in [1.807, 2.05) is 54.4 Å². The highest BCUT2D eigenvalue weighted by molar-refractivity contribution is 5.80. The largest absolute Gasteiger partial charge is 0.321 e. The summed E-state index contributed by atoms with van der Waals surface area (Å²) in [6.45, 7) is 1.95. The van der Waals surface area contributed by atoms with Crippen molar-refractivity contribution in [2.75, 3.05) is 4.90 Å². The van der Waals surface area contributed by atoms with Gasteiger partial charge in [-0.25, -0.2) is 9.97 Å². The third kappa shape index (κ3) is 1.40. The topological polar surface area (TPSA) is 76.6 Å². The quantitative estimate of drug-likeness (QED) is 0.743. The number of anilines is 1. The van der Waals surface area contributed by atoms with E-state index in [2.05, 4.69) is 22.1 Å². The Labute approximate surface area is 127 Å². The van der Waals surface area contributed by atoms with Gasteiger partial charge in [-0.05, 0) is 25.1 Å². The Hall–Kier alpha value is -3.18. The van der Waals surface area contributed by atoms with Crippen LogP contribution in [0.3, 0.4) is 0 Å². The molecule has 5 nitrogen and oxygen atoms in total. The van der Waals surface area contributed by atoms with E-state index in [-0.39, 0.29) is 6.04 Å². The number of nitriles is 2. The van der Waals surface area contributed by atoms with Crippen molar-refractivity contribution in [1.82, 2.24) is 9.97 Å². The Bertz CT molecular complexity index is 928. The van der Waals surface area contributed by atoms with Gasteiger partial charge in [0.2, 0.25) is 5.41 Å². The van der Waals surface area contributed by atoms with Crippen LogP contribution in [0, 0.1) is 22.7 Å². The van der Waals surface area contributed by atoms with Gasteiger partial charge in [-0.3, -0.25) is 0 Å². The Morgan fingerprint density at radius 1 is 1.14 bits per heavy atom. The molecule has 0 amide bonds. The minimum absolute atomic E-state index is 0.390. The van der Waals surface area contributed by atoms with Gasteiger partial charge in [0.05, 0.1) is 29.2 Å². The van der Waals surface area contributed by atoms with Crippen molar-refractivity contribution in [2.24, 2.45) is 0 Å². The molecule has 2 aliphatic heterocycles. The van der Waals surface area contributed by atoms with Crippen LogP contribution in [0.4, 0.5) is 5.82 Å². The lowest BCUT2D eigenvalue weighted by molar-refractivity contribution is 0.623. The number of benzene rings is 1. The minimum Gasteiger partial charge on any atom is -0.321 e. The smallest absolute Gasteiger partial charge is 0.212 e. The molecule has 2 aliphatic rings. The molecule has 22 heavy (non-hydrogen) atoms. The SMILES string of the molecule is CC1=CC2N(C=C1)c1nc3ccccc3nc1C2(C#N)C#N. The summed E-state index contributed by atoms with van der Waals surface area (Å²) < 4.78 is 0. The second-order valence-corrected chi connectivity index (χ2v) is 5.49. The van der Waals surface area contributed by atoms with Gasteiger partial charge in [-0.1, -0.05) is 23.8 Å². The first kappa shape index (κ1) is 12.6. The summed E-state index contributed by atoms with van der Waals surface area (Å²) in [6.07, 6.45) is 5.75. The molecule has 3 heterocycles. The molecule has 0 saturated carbocycles. The number of hydrogen-bond acceptors (Lipinski definition) is 5. The highest BCUT2D eigenvalue weighted by atomic mass is 15.3. The van der Waals surface area contributed by atoms with E-state index in [9.17, 15) is 10.5 Å². The van der Waals surface area contributed by atoms with E-state index in [1.54, 1.807) is 0 Å². The van der Waals surface area contributed by atoms with Crippen LogP contribution in [0.2, 0.25) is 0 Å². The van der Waals surface area contributed by atoms with E-state index in [0.29, 0.717) is 17.0 Å². The first-order valence-electron chi connectivity index (χ1n) is 6.94. The molecule has 1 aromatic carbocycles. The second-order valence-electron chi connectivity index (χ2n) is 5.49. The first-order chi connectivity index (χ1) is 10.7. The van der Waals surface area contributed by atoms with Crippen LogP contribution in [0.15, 0.2) is 48.2 Å². The number of para-hydroxylation sites is 2. The molecule has 104 valence electrons. The zero-order chi connectivity index (χ0) is 15.3. The van der Waals surface area contributed by atoms with Gasteiger partial charge in [0.1, 0.15) is 5.69 Å². The van der Waals surface area contributed by atoms with Gasteiger partial charge >= 0.3 is 0 Å². The molecule has 0 N–H and O–H groups in total. The predicted octanol–water partition coefficient (Wildman–Crippen LogP) is 2.58. The van der Waals surface area contributed by atoms with E-state index >= 15 is 0 Å². The second kappa shape index (κ2) is 4.16. The number of allylic oxidation sites excluding steroid dienone is 2. The van der Waals surface area contributed by atoms with Gasteiger partial charge in [0.25, 0.3) is 0 Å². The number of fused-ring (bicyclic) bond motifs is 4. The third-order valence-corrected chi connectivity index (χ3v) is 4.19. The Kier molecular flexibility index (Phi) is 2.37. The van der Waals surface area contributed by atoms with Gasteiger partial charge in [0, 0.05) is 6.20 Å². The van der Waals surface area contributed by atoms with Crippen LogP contribution in [-0.2, 0) is 5.41 Å². The number of aromatic nitrogens is 2. The maximum Gasteiger partial charge on any atom is 0.212 e. The molecule has 0 aliphatic carbocycles. The lowest BCUT2D eigenvalue weighted by atomic mass is 9.81. The summed E-state index contributed by atoms with van der Waals surface area (Å²) in [5.41, 5.74) is 1.58. The van der Waals surface area contributed by atoms with Crippen LogP contribution < -0.4 is 4.90 Å². The molecule has 0 fully saturated rings. The maximum absolute atomic E-state index is 9.74. The molecule has 4 rings (SSSR count). The van der Waals surface area contributed by atoms with E-state index in [0.717, 1.165) is 11.1 Å². The molecule has 1 atom stereocenters. The molecule has 5 heteroatoms. The zero-order valence-corrected chi connectivity index (χ0v) is 11.9. The molecular weight excluding hydrogens is 274 g/mol. The van der Waals surface area contributed by atoms with Crippen molar-refractivity contribution in [3.63, 3.8) is 0 Å². The number of rotatable bonds is 0. The Balaban J connectivity index is 2.08. The predicted molar refractivity (Wildman–Crippen MR) is 81.6 cm³/mol. The van der Waals surface area contributed by atoms with Crippen LogP contribution in [0.1, 0.15) is 12.6 Å². The fourth-order valence-electron chi connectivity index (χ4n) is 3.05. The normalized spacial score (nSPS) is 20.8. The molecule has 0 bridgehead atoms. The maximum atomic E-state index is 9.74.